The van der Waals surface area contributed by atoms with Gasteiger partial charge in [-0.15, -0.1) is 0 Å². The molecule has 0 aromatic rings. The highest BCUT2D eigenvalue weighted by molar-refractivity contribution is 5.81. The number of ether oxygens (including phenoxy) is 1. The molecule has 1 rings (SSSR count). The summed E-state index contributed by atoms with van der Waals surface area (Å²) >= 11 is 0. The van der Waals surface area contributed by atoms with Gasteiger partial charge in [0, 0.05) is 32.7 Å². The van der Waals surface area contributed by atoms with Crippen LogP contribution in [0.3, 0.4) is 0 Å². The third-order valence-electron chi connectivity index (χ3n) is 3.89. The Kier molecular flexibility index (Phi) is 6.66. The number of rotatable bonds is 5. The normalized spacial score (nSPS) is 19.9. The Bertz CT molecular complexity index is 393. The van der Waals surface area contributed by atoms with Gasteiger partial charge in [-0.3, -0.25) is 4.79 Å². The van der Waals surface area contributed by atoms with E-state index >= 15 is 0 Å². The molecule has 1 N–H and O–H groups in total. The van der Waals surface area contributed by atoms with Gasteiger partial charge in [-0.1, -0.05) is 0 Å². The summed E-state index contributed by atoms with van der Waals surface area (Å²) < 4.78 is 5.45. The van der Waals surface area contributed by atoms with Crippen LogP contribution in [0.2, 0.25) is 0 Å². The highest BCUT2D eigenvalue weighted by Crippen LogP contribution is 2.20. The minimum atomic E-state index is -0.481. The summed E-state index contributed by atoms with van der Waals surface area (Å²) in [5, 5.41) is 3.25. The Balaban J connectivity index is 2.51. The summed E-state index contributed by atoms with van der Waals surface area (Å²) in [6.07, 6.45) is 1.65. The molecule has 2 atom stereocenters. The second kappa shape index (κ2) is 7.81. The van der Waals surface area contributed by atoms with Crippen molar-refractivity contribution in [1.29, 1.82) is 0 Å². The molecule has 0 bridgehead atoms. The lowest BCUT2D eigenvalue weighted by Gasteiger charge is -2.29. The van der Waals surface area contributed by atoms with Crippen molar-refractivity contribution in [3.8, 4) is 0 Å². The molecule has 1 heterocycles. The van der Waals surface area contributed by atoms with E-state index in [0.717, 1.165) is 19.4 Å². The molecule has 1 fully saturated rings. The summed E-state index contributed by atoms with van der Waals surface area (Å²) in [5.41, 5.74) is -0.481. The van der Waals surface area contributed by atoms with Crippen LogP contribution in [-0.4, -0.2) is 66.2 Å². The maximum absolute atomic E-state index is 12.2. The molecule has 0 aromatic carbocycles. The molecule has 0 spiro atoms. The fraction of sp³-hybridized carbons (Fsp3) is 0.875. The molecule has 22 heavy (non-hydrogen) atoms. The van der Waals surface area contributed by atoms with Crippen LogP contribution in [0.1, 0.15) is 47.5 Å². The number of amides is 2. The average molecular weight is 313 g/mol. The molecule has 0 radical (unpaired) electrons. The van der Waals surface area contributed by atoms with Crippen LogP contribution >= 0.6 is 0 Å². The van der Waals surface area contributed by atoms with Gasteiger partial charge in [-0.2, -0.15) is 0 Å². The first-order valence-corrected chi connectivity index (χ1v) is 8.13. The Hall–Kier alpha value is -1.30. The predicted octanol–water partition coefficient (Wildman–Crippen LogP) is 1.84. The number of likely N-dealkylation sites (N-methyl/N-ethyl adjacent to an activating group) is 1. The third-order valence-corrected chi connectivity index (χ3v) is 3.89. The number of carbonyl (C=O) groups is 2. The summed E-state index contributed by atoms with van der Waals surface area (Å²) in [6, 6.07) is -0.150. The van der Waals surface area contributed by atoms with E-state index < -0.39 is 5.60 Å². The molecule has 6 nitrogen and oxygen atoms in total. The highest BCUT2D eigenvalue weighted by atomic mass is 16.6. The lowest BCUT2D eigenvalue weighted by molar-refractivity contribution is -0.131. The first-order chi connectivity index (χ1) is 10.2. The van der Waals surface area contributed by atoms with Crippen molar-refractivity contribution in [2.45, 2.75) is 65.1 Å². The second-order valence-corrected chi connectivity index (χ2v) is 6.95. The summed E-state index contributed by atoms with van der Waals surface area (Å²) in [5.74, 6) is 0.0734. The Morgan fingerprint density at radius 3 is 2.59 bits per heavy atom. The van der Waals surface area contributed by atoms with E-state index in [1.807, 2.05) is 34.6 Å². The van der Waals surface area contributed by atoms with Gasteiger partial charge in [0.2, 0.25) is 5.91 Å². The lowest BCUT2D eigenvalue weighted by Crippen LogP contribution is -2.49. The molecule has 128 valence electrons. The van der Waals surface area contributed by atoms with Crippen molar-refractivity contribution >= 4 is 12.0 Å². The second-order valence-electron chi connectivity index (χ2n) is 6.95. The van der Waals surface area contributed by atoms with Crippen LogP contribution in [0, 0.1) is 0 Å². The zero-order valence-corrected chi connectivity index (χ0v) is 14.8. The fourth-order valence-corrected chi connectivity index (χ4v) is 2.50. The van der Waals surface area contributed by atoms with E-state index in [2.05, 4.69) is 5.32 Å². The van der Waals surface area contributed by atoms with Crippen LogP contribution in [0.4, 0.5) is 4.79 Å². The zero-order valence-electron chi connectivity index (χ0n) is 14.8. The van der Waals surface area contributed by atoms with Crippen molar-refractivity contribution in [1.82, 2.24) is 15.1 Å². The SMILES string of the molecule is CCN(C)C(=O)C(C)NCC1CCCN1C(=O)OC(C)(C)C. The fourth-order valence-electron chi connectivity index (χ4n) is 2.50. The van der Waals surface area contributed by atoms with Crippen molar-refractivity contribution in [2.24, 2.45) is 0 Å². The van der Waals surface area contributed by atoms with Crippen LogP contribution in [-0.2, 0) is 9.53 Å². The van der Waals surface area contributed by atoms with Gasteiger partial charge in [0.1, 0.15) is 5.60 Å². The van der Waals surface area contributed by atoms with E-state index in [0.29, 0.717) is 13.1 Å². The number of likely N-dealkylation sites (tertiary alicyclic amines) is 1. The summed E-state index contributed by atoms with van der Waals surface area (Å²) in [6.45, 7) is 11.5. The van der Waals surface area contributed by atoms with Crippen LogP contribution in [0.5, 0.6) is 0 Å². The van der Waals surface area contributed by atoms with Crippen LogP contribution in [0.15, 0.2) is 0 Å². The van der Waals surface area contributed by atoms with Crippen LogP contribution in [0.25, 0.3) is 0 Å². The first kappa shape index (κ1) is 18.7. The molecule has 1 aliphatic rings. The molecule has 1 saturated heterocycles. The highest BCUT2D eigenvalue weighted by Gasteiger charge is 2.32. The topological polar surface area (TPSA) is 61.9 Å². The Morgan fingerprint density at radius 2 is 2.05 bits per heavy atom. The van der Waals surface area contributed by atoms with Crippen molar-refractivity contribution < 1.29 is 14.3 Å². The Labute approximate surface area is 134 Å². The molecular weight excluding hydrogens is 282 g/mol. The zero-order chi connectivity index (χ0) is 16.9. The van der Waals surface area contributed by atoms with Gasteiger partial charge < -0.3 is 19.9 Å². The standard InChI is InChI=1S/C16H31N3O3/c1-7-18(6)14(20)12(2)17-11-13-9-8-10-19(13)15(21)22-16(3,4)5/h12-13,17H,7-11H2,1-6H3. The van der Waals surface area contributed by atoms with Crippen molar-refractivity contribution in [3.05, 3.63) is 0 Å². The molecule has 6 heteroatoms. The molecule has 0 aromatic heterocycles. The first-order valence-electron chi connectivity index (χ1n) is 8.13. The van der Waals surface area contributed by atoms with E-state index in [1.54, 1.807) is 16.8 Å². The van der Waals surface area contributed by atoms with Gasteiger partial charge in [0.15, 0.2) is 0 Å². The monoisotopic (exact) mass is 313 g/mol. The van der Waals surface area contributed by atoms with E-state index in [1.165, 1.54) is 0 Å². The Morgan fingerprint density at radius 1 is 1.41 bits per heavy atom. The van der Waals surface area contributed by atoms with Crippen LogP contribution < -0.4 is 5.32 Å². The smallest absolute Gasteiger partial charge is 0.410 e. The quantitative estimate of drug-likeness (QED) is 0.841. The van der Waals surface area contributed by atoms with Crippen molar-refractivity contribution in [2.75, 3.05) is 26.7 Å². The summed E-state index contributed by atoms with van der Waals surface area (Å²) in [7, 11) is 1.79. The summed E-state index contributed by atoms with van der Waals surface area (Å²) in [4.78, 5) is 27.7. The number of hydrogen-bond donors (Lipinski definition) is 1. The number of hydrogen-bond acceptors (Lipinski definition) is 4. The van der Waals surface area contributed by atoms with Gasteiger partial charge in [-0.05, 0) is 47.5 Å². The third kappa shape index (κ3) is 5.48. The number of nitrogens with one attached hydrogen (secondary N) is 1. The van der Waals surface area contributed by atoms with Crippen molar-refractivity contribution in [3.63, 3.8) is 0 Å². The minimum Gasteiger partial charge on any atom is -0.444 e. The van der Waals surface area contributed by atoms with Gasteiger partial charge in [0.05, 0.1) is 6.04 Å². The minimum absolute atomic E-state index is 0.0734. The number of nitrogens with zero attached hydrogens (tertiary/aromatic N) is 2. The van der Waals surface area contributed by atoms with Gasteiger partial charge in [-0.25, -0.2) is 4.79 Å². The molecule has 0 saturated carbocycles. The van der Waals surface area contributed by atoms with Gasteiger partial charge in [0.25, 0.3) is 0 Å². The average Bonchev–Trinajstić information content (AvgIpc) is 2.89. The molecule has 1 aliphatic heterocycles. The van der Waals surface area contributed by atoms with Gasteiger partial charge >= 0.3 is 6.09 Å². The van der Waals surface area contributed by atoms with E-state index in [9.17, 15) is 9.59 Å². The number of carbonyl (C=O) groups excluding carboxylic acids is 2. The molecular formula is C16H31N3O3. The lowest BCUT2D eigenvalue weighted by atomic mass is 10.2. The van der Waals surface area contributed by atoms with E-state index in [4.69, 9.17) is 4.74 Å². The predicted molar refractivity (Wildman–Crippen MR) is 86.7 cm³/mol. The molecule has 2 amide bonds. The van der Waals surface area contributed by atoms with E-state index in [-0.39, 0.29) is 24.1 Å². The molecule has 0 aliphatic carbocycles. The maximum atomic E-state index is 12.2. The maximum Gasteiger partial charge on any atom is 0.410 e. The molecule has 2 unspecified atom stereocenters. The largest absolute Gasteiger partial charge is 0.444 e.